The molecule has 2 aromatic rings. The van der Waals surface area contributed by atoms with E-state index in [0.29, 0.717) is 5.92 Å². The smallest absolute Gasteiger partial charge is 0.0896 e. The van der Waals surface area contributed by atoms with Crippen LogP contribution < -0.4 is 5.32 Å². The van der Waals surface area contributed by atoms with Gasteiger partial charge in [-0.15, -0.1) is 11.3 Å². The van der Waals surface area contributed by atoms with Crippen LogP contribution in [0.4, 0.5) is 0 Å². The highest BCUT2D eigenvalue weighted by molar-refractivity contribution is 7.11. The number of nitrogens with zero attached hydrogens (tertiary/aromatic N) is 1. The lowest BCUT2D eigenvalue weighted by Crippen LogP contribution is -2.27. The number of rotatable bonds is 7. The average molecular weight is 300 g/mol. The molecule has 0 spiro atoms. The van der Waals surface area contributed by atoms with Crippen LogP contribution in [0.5, 0.6) is 0 Å². The first-order valence-electron chi connectivity index (χ1n) is 7.89. The van der Waals surface area contributed by atoms with Crippen molar-refractivity contribution in [3.05, 3.63) is 51.5 Å². The van der Waals surface area contributed by atoms with Crippen LogP contribution in [0.15, 0.2) is 30.5 Å². The Morgan fingerprint density at radius 3 is 2.57 bits per heavy atom. The van der Waals surface area contributed by atoms with Gasteiger partial charge in [0.05, 0.1) is 5.01 Å². The second-order valence-corrected chi connectivity index (χ2v) is 7.61. The van der Waals surface area contributed by atoms with E-state index in [9.17, 15) is 0 Å². The van der Waals surface area contributed by atoms with E-state index in [4.69, 9.17) is 0 Å². The Morgan fingerprint density at radius 1 is 1.19 bits per heavy atom. The Hall–Kier alpha value is -1.19. The minimum absolute atomic E-state index is 0.660. The Balaban J connectivity index is 1.63. The first-order valence-corrected chi connectivity index (χ1v) is 8.71. The highest BCUT2D eigenvalue weighted by Crippen LogP contribution is 2.22. The summed E-state index contributed by atoms with van der Waals surface area (Å²) >= 11 is 1.84. The topological polar surface area (TPSA) is 24.9 Å². The third kappa shape index (κ3) is 4.65. The number of aryl methyl sites for hydroxylation is 2. The molecule has 1 aliphatic rings. The molecular formula is C18H24N2S. The van der Waals surface area contributed by atoms with Gasteiger partial charge in [0.2, 0.25) is 0 Å². The maximum atomic E-state index is 4.39. The van der Waals surface area contributed by atoms with Gasteiger partial charge >= 0.3 is 0 Å². The van der Waals surface area contributed by atoms with Gasteiger partial charge < -0.3 is 5.32 Å². The summed E-state index contributed by atoms with van der Waals surface area (Å²) in [5.74, 6) is 0.660. The Bertz CT molecular complexity index is 569. The summed E-state index contributed by atoms with van der Waals surface area (Å²) in [5.41, 5.74) is 2.79. The van der Waals surface area contributed by atoms with E-state index in [1.165, 1.54) is 33.9 Å². The van der Waals surface area contributed by atoms with Crippen molar-refractivity contribution in [2.75, 3.05) is 6.54 Å². The molecule has 1 N–H and O–H groups in total. The van der Waals surface area contributed by atoms with Crippen molar-refractivity contribution in [3.8, 4) is 0 Å². The van der Waals surface area contributed by atoms with Gasteiger partial charge in [0.1, 0.15) is 0 Å². The molecule has 1 fully saturated rings. The summed E-state index contributed by atoms with van der Waals surface area (Å²) in [4.78, 5) is 5.81. The average Bonchev–Trinajstić information content (AvgIpc) is 3.21. The minimum atomic E-state index is 0.660. The summed E-state index contributed by atoms with van der Waals surface area (Å²) < 4.78 is 0. The lowest BCUT2D eigenvalue weighted by Gasteiger charge is -2.17. The zero-order chi connectivity index (χ0) is 14.7. The predicted octanol–water partition coefficient (Wildman–Crippen LogP) is 3.91. The Labute approximate surface area is 131 Å². The molecule has 0 saturated heterocycles. The maximum absolute atomic E-state index is 4.39. The van der Waals surface area contributed by atoms with Crippen molar-refractivity contribution in [2.45, 2.75) is 45.6 Å². The van der Waals surface area contributed by atoms with Crippen LogP contribution in [0.1, 0.15) is 33.9 Å². The first-order chi connectivity index (χ1) is 10.2. The van der Waals surface area contributed by atoms with Gasteiger partial charge in [0.25, 0.3) is 0 Å². The monoisotopic (exact) mass is 300 g/mol. The molecule has 0 amide bonds. The fourth-order valence-electron chi connectivity index (χ4n) is 2.68. The van der Waals surface area contributed by atoms with E-state index in [2.05, 4.69) is 54.6 Å². The molecule has 1 atom stereocenters. The molecule has 0 bridgehead atoms. The SMILES string of the molecule is Cc1ccc(CC(CNC2CC2)Cc2cnc(C)s2)cc1. The summed E-state index contributed by atoms with van der Waals surface area (Å²) in [7, 11) is 0. The van der Waals surface area contributed by atoms with Gasteiger partial charge in [-0.3, -0.25) is 0 Å². The second kappa shape index (κ2) is 6.71. The van der Waals surface area contributed by atoms with Crippen molar-refractivity contribution >= 4 is 11.3 Å². The van der Waals surface area contributed by atoms with Gasteiger partial charge in [-0.25, -0.2) is 4.98 Å². The summed E-state index contributed by atoms with van der Waals surface area (Å²) in [6, 6.07) is 9.78. The van der Waals surface area contributed by atoms with Crippen molar-refractivity contribution in [3.63, 3.8) is 0 Å². The van der Waals surface area contributed by atoms with Crippen LogP contribution >= 0.6 is 11.3 Å². The molecule has 3 rings (SSSR count). The van der Waals surface area contributed by atoms with Crippen molar-refractivity contribution in [1.29, 1.82) is 0 Å². The lowest BCUT2D eigenvalue weighted by atomic mass is 9.95. The molecule has 1 heterocycles. The van der Waals surface area contributed by atoms with Crippen LogP contribution in [-0.2, 0) is 12.8 Å². The van der Waals surface area contributed by atoms with Crippen molar-refractivity contribution in [1.82, 2.24) is 10.3 Å². The highest BCUT2D eigenvalue weighted by atomic mass is 32.1. The fourth-order valence-corrected chi connectivity index (χ4v) is 3.59. The third-order valence-corrected chi connectivity index (χ3v) is 5.01. The van der Waals surface area contributed by atoms with E-state index >= 15 is 0 Å². The molecule has 1 aromatic heterocycles. The van der Waals surface area contributed by atoms with Gasteiger partial charge in [-0.1, -0.05) is 29.8 Å². The minimum Gasteiger partial charge on any atom is -0.314 e. The molecule has 1 unspecified atom stereocenters. The summed E-state index contributed by atoms with van der Waals surface area (Å²) in [5, 5.41) is 4.87. The van der Waals surface area contributed by atoms with Crippen molar-refractivity contribution < 1.29 is 0 Å². The lowest BCUT2D eigenvalue weighted by molar-refractivity contribution is 0.471. The quantitative estimate of drug-likeness (QED) is 0.838. The molecule has 21 heavy (non-hydrogen) atoms. The largest absolute Gasteiger partial charge is 0.314 e. The third-order valence-electron chi connectivity index (χ3n) is 4.08. The molecule has 0 radical (unpaired) electrons. The molecule has 0 aliphatic heterocycles. The van der Waals surface area contributed by atoms with Gasteiger partial charge in [-0.05, 0) is 57.6 Å². The van der Waals surface area contributed by atoms with Crippen molar-refractivity contribution in [2.24, 2.45) is 5.92 Å². The van der Waals surface area contributed by atoms with Crippen LogP contribution in [0.3, 0.4) is 0 Å². The molecule has 1 saturated carbocycles. The number of hydrogen-bond acceptors (Lipinski definition) is 3. The Kier molecular flexibility index (Phi) is 4.71. The fraction of sp³-hybridized carbons (Fsp3) is 0.500. The van der Waals surface area contributed by atoms with Crippen LogP contribution in [0.25, 0.3) is 0 Å². The van der Waals surface area contributed by atoms with E-state index in [1.807, 2.05) is 11.3 Å². The van der Waals surface area contributed by atoms with Gasteiger partial charge in [0.15, 0.2) is 0 Å². The zero-order valence-electron chi connectivity index (χ0n) is 12.9. The number of thiazole rings is 1. The van der Waals surface area contributed by atoms with E-state index in [1.54, 1.807) is 0 Å². The van der Waals surface area contributed by atoms with E-state index in [-0.39, 0.29) is 0 Å². The predicted molar refractivity (Wildman–Crippen MR) is 90.0 cm³/mol. The first kappa shape index (κ1) is 14.7. The highest BCUT2D eigenvalue weighted by Gasteiger charge is 2.22. The molecular weight excluding hydrogens is 276 g/mol. The van der Waals surface area contributed by atoms with Gasteiger partial charge in [0, 0.05) is 17.1 Å². The molecule has 3 heteroatoms. The molecule has 2 nitrogen and oxygen atoms in total. The number of aromatic nitrogens is 1. The van der Waals surface area contributed by atoms with Crippen LogP contribution in [0, 0.1) is 19.8 Å². The number of nitrogens with one attached hydrogen (secondary N) is 1. The summed E-state index contributed by atoms with van der Waals surface area (Å²) in [6.45, 7) is 5.36. The number of hydrogen-bond donors (Lipinski definition) is 1. The normalized spacial score (nSPS) is 16.1. The Morgan fingerprint density at radius 2 is 1.95 bits per heavy atom. The van der Waals surface area contributed by atoms with Crippen LogP contribution in [0.2, 0.25) is 0 Å². The van der Waals surface area contributed by atoms with Crippen LogP contribution in [-0.4, -0.2) is 17.6 Å². The molecule has 112 valence electrons. The van der Waals surface area contributed by atoms with E-state index < -0.39 is 0 Å². The maximum Gasteiger partial charge on any atom is 0.0896 e. The molecule has 1 aliphatic carbocycles. The van der Waals surface area contributed by atoms with Gasteiger partial charge in [-0.2, -0.15) is 0 Å². The second-order valence-electron chi connectivity index (χ2n) is 6.29. The standard InChI is InChI=1S/C18H24N2S/c1-13-3-5-15(6-4-13)9-16(11-20-17-7-8-17)10-18-12-19-14(2)21-18/h3-6,12,16-17,20H,7-11H2,1-2H3. The summed E-state index contributed by atoms with van der Waals surface area (Å²) in [6.07, 6.45) is 7.06. The number of benzene rings is 1. The van der Waals surface area contributed by atoms with E-state index in [0.717, 1.165) is 25.4 Å². The molecule has 1 aromatic carbocycles. The zero-order valence-corrected chi connectivity index (χ0v) is 13.7.